The normalized spacial score (nSPS) is 17.0. The number of hydrogen-bond acceptors (Lipinski definition) is 3. The molecule has 3 rings (SSSR count). The van der Waals surface area contributed by atoms with E-state index < -0.39 is 0 Å². The third-order valence-corrected chi connectivity index (χ3v) is 3.60. The Morgan fingerprint density at radius 1 is 1.29 bits per heavy atom. The number of carbonyl (C=O) groups is 1. The molecular formula is C14H14N2O. The number of pyridine rings is 1. The summed E-state index contributed by atoms with van der Waals surface area (Å²) in [7, 11) is 0. The van der Waals surface area contributed by atoms with Gasteiger partial charge in [-0.2, -0.15) is 0 Å². The summed E-state index contributed by atoms with van der Waals surface area (Å²) in [4.78, 5) is 16.8. The van der Waals surface area contributed by atoms with Gasteiger partial charge in [0.25, 0.3) is 0 Å². The van der Waals surface area contributed by atoms with Gasteiger partial charge >= 0.3 is 0 Å². The Morgan fingerprint density at radius 2 is 2.06 bits per heavy atom. The molecule has 1 aliphatic carbocycles. The summed E-state index contributed by atoms with van der Waals surface area (Å²) < 4.78 is 0. The van der Waals surface area contributed by atoms with E-state index in [4.69, 9.17) is 5.73 Å². The van der Waals surface area contributed by atoms with Crippen molar-refractivity contribution in [2.45, 2.75) is 12.8 Å². The molecule has 0 radical (unpaired) electrons. The third-order valence-electron chi connectivity index (χ3n) is 3.60. The van der Waals surface area contributed by atoms with Gasteiger partial charge in [-0.3, -0.25) is 9.78 Å². The Bertz CT molecular complexity index is 582. The van der Waals surface area contributed by atoms with Gasteiger partial charge in [0, 0.05) is 29.1 Å². The van der Waals surface area contributed by atoms with E-state index >= 15 is 0 Å². The summed E-state index contributed by atoms with van der Waals surface area (Å²) in [5.41, 5.74) is 6.92. The number of nitrogens with two attached hydrogens (primary N) is 1. The summed E-state index contributed by atoms with van der Waals surface area (Å²) >= 11 is 0. The van der Waals surface area contributed by atoms with Gasteiger partial charge in [-0.05, 0) is 25.0 Å². The fraction of sp³-hybridized carbons (Fsp3) is 0.286. The van der Waals surface area contributed by atoms with Crippen LogP contribution in [0, 0.1) is 5.41 Å². The van der Waals surface area contributed by atoms with Crippen LogP contribution in [-0.2, 0) is 0 Å². The Kier molecular flexibility index (Phi) is 2.23. The van der Waals surface area contributed by atoms with Crippen molar-refractivity contribution in [3.05, 3.63) is 42.1 Å². The van der Waals surface area contributed by atoms with E-state index in [0.29, 0.717) is 12.1 Å². The smallest absolute Gasteiger partial charge is 0.172 e. The minimum atomic E-state index is -0.300. The van der Waals surface area contributed by atoms with Gasteiger partial charge in [-0.15, -0.1) is 0 Å². The summed E-state index contributed by atoms with van der Waals surface area (Å²) in [5.74, 6) is 0.157. The number of carbonyl (C=O) groups excluding carboxylic acids is 1. The maximum absolute atomic E-state index is 12.5. The standard InChI is InChI=1S/C14H14N2O/c15-9-14(6-7-14)13(17)11-5-1-3-10-4-2-8-16-12(10)11/h1-5,8H,6-7,9,15H2. The average Bonchev–Trinajstić information content (AvgIpc) is 3.18. The van der Waals surface area contributed by atoms with Crippen molar-refractivity contribution in [3.8, 4) is 0 Å². The predicted molar refractivity (Wildman–Crippen MR) is 66.8 cm³/mol. The highest BCUT2D eigenvalue weighted by Gasteiger charge is 2.48. The van der Waals surface area contributed by atoms with Crippen LogP contribution in [0.3, 0.4) is 0 Å². The first kappa shape index (κ1) is 10.4. The van der Waals surface area contributed by atoms with Crippen LogP contribution in [0.5, 0.6) is 0 Å². The topological polar surface area (TPSA) is 56.0 Å². The molecule has 1 aromatic heterocycles. The van der Waals surface area contributed by atoms with E-state index in [0.717, 1.165) is 23.7 Å². The van der Waals surface area contributed by atoms with Crippen LogP contribution in [0.4, 0.5) is 0 Å². The highest BCUT2D eigenvalue weighted by atomic mass is 16.1. The van der Waals surface area contributed by atoms with Crippen LogP contribution in [-0.4, -0.2) is 17.3 Å². The second kappa shape index (κ2) is 3.64. The second-order valence-corrected chi connectivity index (χ2v) is 4.69. The van der Waals surface area contributed by atoms with E-state index in [-0.39, 0.29) is 11.2 Å². The van der Waals surface area contributed by atoms with Gasteiger partial charge in [0.05, 0.1) is 5.52 Å². The lowest BCUT2D eigenvalue weighted by molar-refractivity contribution is 0.0907. The number of Topliss-reactive ketones (excluding diaryl/α,β-unsaturated/α-hetero) is 1. The first-order chi connectivity index (χ1) is 8.27. The third kappa shape index (κ3) is 1.54. The lowest BCUT2D eigenvalue weighted by Crippen LogP contribution is -2.25. The first-order valence-electron chi connectivity index (χ1n) is 5.85. The number of hydrogen-bond donors (Lipinski definition) is 1. The van der Waals surface area contributed by atoms with Crippen molar-refractivity contribution in [1.29, 1.82) is 0 Å². The molecule has 1 aliphatic rings. The van der Waals surface area contributed by atoms with E-state index in [1.807, 2.05) is 30.3 Å². The van der Waals surface area contributed by atoms with Crippen LogP contribution in [0.15, 0.2) is 36.5 Å². The molecule has 86 valence electrons. The van der Waals surface area contributed by atoms with Gasteiger partial charge in [-0.1, -0.05) is 18.2 Å². The summed E-state index contributed by atoms with van der Waals surface area (Å²) in [6, 6.07) is 9.59. The molecule has 1 saturated carbocycles. The number of rotatable bonds is 3. The largest absolute Gasteiger partial charge is 0.329 e. The summed E-state index contributed by atoms with van der Waals surface area (Å²) in [5, 5.41) is 1.01. The minimum absolute atomic E-state index is 0.157. The molecule has 3 heteroatoms. The molecule has 1 heterocycles. The van der Waals surface area contributed by atoms with E-state index in [2.05, 4.69) is 4.98 Å². The quantitative estimate of drug-likeness (QED) is 0.816. The second-order valence-electron chi connectivity index (χ2n) is 4.69. The molecule has 3 nitrogen and oxygen atoms in total. The zero-order valence-electron chi connectivity index (χ0n) is 9.52. The number of aromatic nitrogens is 1. The Hall–Kier alpha value is -1.74. The number of benzene rings is 1. The SMILES string of the molecule is NCC1(C(=O)c2cccc3cccnc23)CC1. The van der Waals surface area contributed by atoms with Crippen molar-refractivity contribution < 1.29 is 4.79 Å². The van der Waals surface area contributed by atoms with E-state index in [1.54, 1.807) is 6.20 Å². The van der Waals surface area contributed by atoms with Crippen LogP contribution < -0.4 is 5.73 Å². The summed E-state index contributed by atoms with van der Waals surface area (Å²) in [6.45, 7) is 0.440. The highest BCUT2D eigenvalue weighted by molar-refractivity contribution is 6.10. The van der Waals surface area contributed by atoms with Crippen LogP contribution >= 0.6 is 0 Å². The Morgan fingerprint density at radius 3 is 2.76 bits per heavy atom. The van der Waals surface area contributed by atoms with Crippen molar-refractivity contribution in [2.24, 2.45) is 11.1 Å². The molecule has 0 atom stereocenters. The zero-order valence-corrected chi connectivity index (χ0v) is 9.52. The molecule has 0 saturated heterocycles. The molecule has 0 bridgehead atoms. The Balaban J connectivity index is 2.15. The monoisotopic (exact) mass is 226 g/mol. The van der Waals surface area contributed by atoms with Crippen molar-refractivity contribution in [1.82, 2.24) is 4.98 Å². The molecule has 0 aliphatic heterocycles. The van der Waals surface area contributed by atoms with Crippen molar-refractivity contribution in [2.75, 3.05) is 6.54 Å². The molecule has 2 N–H and O–H groups in total. The maximum atomic E-state index is 12.5. The molecule has 1 fully saturated rings. The minimum Gasteiger partial charge on any atom is -0.329 e. The number of ketones is 1. The fourth-order valence-electron chi connectivity index (χ4n) is 2.25. The number of fused-ring (bicyclic) bond motifs is 1. The maximum Gasteiger partial charge on any atom is 0.172 e. The van der Waals surface area contributed by atoms with Crippen LogP contribution in [0.1, 0.15) is 23.2 Å². The van der Waals surface area contributed by atoms with Crippen molar-refractivity contribution >= 4 is 16.7 Å². The molecule has 2 aromatic rings. The van der Waals surface area contributed by atoms with Crippen LogP contribution in [0.2, 0.25) is 0 Å². The van der Waals surface area contributed by atoms with E-state index in [1.165, 1.54) is 0 Å². The van der Waals surface area contributed by atoms with Crippen molar-refractivity contribution in [3.63, 3.8) is 0 Å². The first-order valence-corrected chi connectivity index (χ1v) is 5.85. The predicted octanol–water partition coefficient (Wildman–Crippen LogP) is 2.16. The van der Waals surface area contributed by atoms with Gasteiger partial charge < -0.3 is 5.73 Å². The lowest BCUT2D eigenvalue weighted by Gasteiger charge is -2.12. The average molecular weight is 226 g/mol. The van der Waals surface area contributed by atoms with Gasteiger partial charge in [0.1, 0.15) is 0 Å². The lowest BCUT2D eigenvalue weighted by atomic mass is 9.93. The Labute approximate surface area is 99.7 Å². The van der Waals surface area contributed by atoms with Gasteiger partial charge in [0.15, 0.2) is 5.78 Å². The molecule has 17 heavy (non-hydrogen) atoms. The van der Waals surface area contributed by atoms with Gasteiger partial charge in [-0.25, -0.2) is 0 Å². The molecule has 1 aromatic carbocycles. The molecule has 0 unspecified atom stereocenters. The fourth-order valence-corrected chi connectivity index (χ4v) is 2.25. The highest BCUT2D eigenvalue weighted by Crippen LogP contribution is 2.47. The zero-order chi connectivity index (χ0) is 11.9. The number of nitrogens with zero attached hydrogens (tertiary/aromatic N) is 1. The molecular weight excluding hydrogens is 212 g/mol. The van der Waals surface area contributed by atoms with Crippen LogP contribution in [0.25, 0.3) is 10.9 Å². The number of para-hydroxylation sites is 1. The van der Waals surface area contributed by atoms with Gasteiger partial charge in [0.2, 0.25) is 0 Å². The molecule has 0 amide bonds. The van der Waals surface area contributed by atoms with E-state index in [9.17, 15) is 4.79 Å². The molecule has 0 spiro atoms. The summed E-state index contributed by atoms with van der Waals surface area (Å²) in [6.07, 6.45) is 3.54.